The Morgan fingerprint density at radius 1 is 0.848 bits per heavy atom. The molecule has 0 atom stereocenters. The van der Waals surface area contributed by atoms with Gasteiger partial charge in [0.1, 0.15) is 0 Å². The van der Waals surface area contributed by atoms with Crippen LogP contribution in [-0.2, 0) is 24.4 Å². The van der Waals surface area contributed by atoms with Gasteiger partial charge in [-0.25, -0.2) is 0 Å². The molecule has 0 spiro atoms. The van der Waals surface area contributed by atoms with Gasteiger partial charge >= 0.3 is 0 Å². The average molecular weight is 443 g/mol. The Labute approximate surface area is 193 Å². The zero-order chi connectivity index (χ0) is 23.4. The highest BCUT2D eigenvalue weighted by Crippen LogP contribution is 2.25. The summed E-state index contributed by atoms with van der Waals surface area (Å²) in [6.45, 7) is 5.03. The second-order valence-corrected chi connectivity index (χ2v) is 8.30. The molecule has 0 unspecified atom stereocenters. The van der Waals surface area contributed by atoms with E-state index in [0.717, 1.165) is 16.7 Å². The maximum absolute atomic E-state index is 12.9. The highest BCUT2D eigenvalue weighted by Gasteiger charge is 2.35. The van der Waals surface area contributed by atoms with Gasteiger partial charge in [0, 0.05) is 12.1 Å². The first-order valence-corrected chi connectivity index (χ1v) is 10.9. The summed E-state index contributed by atoms with van der Waals surface area (Å²) in [5, 5.41) is 2.89. The van der Waals surface area contributed by atoms with E-state index >= 15 is 0 Å². The van der Waals surface area contributed by atoms with Gasteiger partial charge < -0.3 is 10.1 Å². The molecule has 6 nitrogen and oxygen atoms in total. The maximum Gasteiger partial charge on any atom is 0.261 e. The number of imide groups is 1. The van der Waals surface area contributed by atoms with Crippen LogP contribution in [0.15, 0.2) is 72.8 Å². The number of nitrogens with zero attached hydrogens (tertiary/aromatic N) is 1. The highest BCUT2D eigenvalue weighted by atomic mass is 16.5. The predicted molar refractivity (Wildman–Crippen MR) is 125 cm³/mol. The molecule has 0 saturated carbocycles. The molecule has 1 N–H and O–H groups in total. The normalized spacial score (nSPS) is 12.9. The van der Waals surface area contributed by atoms with Crippen LogP contribution in [0.1, 0.15) is 61.6 Å². The average Bonchev–Trinajstić information content (AvgIpc) is 3.06. The van der Waals surface area contributed by atoms with E-state index < -0.39 is 0 Å². The summed E-state index contributed by atoms with van der Waals surface area (Å²) in [6, 6.07) is 21.8. The molecule has 0 bridgehead atoms. The van der Waals surface area contributed by atoms with Crippen molar-refractivity contribution in [3.63, 3.8) is 0 Å². The van der Waals surface area contributed by atoms with Gasteiger partial charge in [-0.05, 0) is 48.7 Å². The standard InChI is InChI=1S/C27H26N2O4/c1-18(2)33-17-21-10-6-9-20(13-21)15-28-25(30)22-11-12-23-24(14-22)27(32)29(26(23)31)16-19-7-4-3-5-8-19/h3-14,18H,15-17H2,1-2H3,(H,28,30). The minimum atomic E-state index is -0.383. The molecule has 33 heavy (non-hydrogen) atoms. The Morgan fingerprint density at radius 3 is 2.30 bits per heavy atom. The van der Waals surface area contributed by atoms with Crippen molar-refractivity contribution in [2.24, 2.45) is 0 Å². The third-order valence-electron chi connectivity index (χ3n) is 5.44. The van der Waals surface area contributed by atoms with E-state index in [1.807, 2.05) is 68.4 Å². The van der Waals surface area contributed by atoms with Crippen molar-refractivity contribution in [1.82, 2.24) is 10.2 Å². The van der Waals surface area contributed by atoms with Crippen molar-refractivity contribution < 1.29 is 19.1 Å². The molecule has 1 heterocycles. The highest BCUT2D eigenvalue weighted by molar-refractivity contribution is 6.22. The minimum absolute atomic E-state index is 0.145. The summed E-state index contributed by atoms with van der Waals surface area (Å²) < 4.78 is 5.63. The monoisotopic (exact) mass is 442 g/mol. The molecule has 3 aromatic carbocycles. The number of ether oxygens (including phenoxy) is 1. The van der Waals surface area contributed by atoms with Gasteiger partial charge in [0.2, 0.25) is 0 Å². The van der Waals surface area contributed by atoms with Gasteiger partial charge in [0.25, 0.3) is 17.7 Å². The first-order valence-electron chi connectivity index (χ1n) is 10.9. The smallest absolute Gasteiger partial charge is 0.261 e. The van der Waals surface area contributed by atoms with Crippen LogP contribution in [0.4, 0.5) is 0 Å². The van der Waals surface area contributed by atoms with Crippen LogP contribution in [0.2, 0.25) is 0 Å². The number of hydrogen-bond acceptors (Lipinski definition) is 4. The van der Waals surface area contributed by atoms with Gasteiger partial charge in [-0.1, -0.05) is 54.6 Å². The lowest BCUT2D eigenvalue weighted by Gasteiger charge is -2.13. The number of fused-ring (bicyclic) bond motifs is 1. The molecule has 1 aliphatic heterocycles. The summed E-state index contributed by atoms with van der Waals surface area (Å²) in [7, 11) is 0. The van der Waals surface area contributed by atoms with Crippen LogP contribution in [0, 0.1) is 0 Å². The number of carbonyl (C=O) groups is 3. The first-order chi connectivity index (χ1) is 15.9. The third kappa shape index (κ3) is 5.18. The molecule has 3 amide bonds. The molecule has 168 valence electrons. The van der Waals surface area contributed by atoms with E-state index in [2.05, 4.69) is 5.32 Å². The number of rotatable bonds is 8. The zero-order valence-electron chi connectivity index (χ0n) is 18.7. The SMILES string of the molecule is CC(C)OCc1cccc(CNC(=O)c2ccc3c(c2)C(=O)N(Cc2ccccc2)C3=O)c1. The van der Waals surface area contributed by atoms with Gasteiger partial charge in [-0.15, -0.1) is 0 Å². The van der Waals surface area contributed by atoms with Gasteiger partial charge in [0.05, 0.1) is 30.4 Å². The molecule has 1 aliphatic rings. The second-order valence-electron chi connectivity index (χ2n) is 8.30. The first kappa shape index (κ1) is 22.4. The number of carbonyl (C=O) groups excluding carboxylic acids is 3. The molecule has 0 aromatic heterocycles. The van der Waals surface area contributed by atoms with Gasteiger partial charge in [-0.3, -0.25) is 19.3 Å². The zero-order valence-corrected chi connectivity index (χ0v) is 18.7. The van der Waals surface area contributed by atoms with Crippen molar-refractivity contribution >= 4 is 17.7 Å². The Hall–Kier alpha value is -3.77. The van der Waals surface area contributed by atoms with Gasteiger partial charge in [0.15, 0.2) is 0 Å². The topological polar surface area (TPSA) is 75.7 Å². The molecule has 4 rings (SSSR count). The van der Waals surface area contributed by atoms with Crippen molar-refractivity contribution in [3.8, 4) is 0 Å². The summed E-state index contributed by atoms with van der Waals surface area (Å²) in [5.41, 5.74) is 3.79. The van der Waals surface area contributed by atoms with Crippen molar-refractivity contribution in [1.29, 1.82) is 0 Å². The molecule has 0 saturated heterocycles. The second kappa shape index (κ2) is 9.79. The fraction of sp³-hybridized carbons (Fsp3) is 0.222. The largest absolute Gasteiger partial charge is 0.374 e. The van der Waals surface area contributed by atoms with E-state index in [4.69, 9.17) is 4.74 Å². The molecule has 0 fully saturated rings. The summed E-state index contributed by atoms with van der Waals surface area (Å²) in [4.78, 5) is 39.5. The maximum atomic E-state index is 12.9. The molecule has 0 aliphatic carbocycles. The lowest BCUT2D eigenvalue weighted by molar-refractivity contribution is 0.0640. The number of hydrogen-bond donors (Lipinski definition) is 1. The molecule has 6 heteroatoms. The fourth-order valence-corrected chi connectivity index (χ4v) is 3.72. The Bertz CT molecular complexity index is 1190. The summed E-state index contributed by atoms with van der Waals surface area (Å²) in [6.07, 6.45) is 0.145. The minimum Gasteiger partial charge on any atom is -0.374 e. The van der Waals surface area contributed by atoms with Crippen LogP contribution >= 0.6 is 0 Å². The Balaban J connectivity index is 1.42. The number of benzene rings is 3. The van der Waals surface area contributed by atoms with Crippen LogP contribution < -0.4 is 5.32 Å². The number of nitrogens with one attached hydrogen (secondary N) is 1. The van der Waals surface area contributed by atoms with E-state index in [9.17, 15) is 14.4 Å². The number of amides is 3. The van der Waals surface area contributed by atoms with Gasteiger partial charge in [-0.2, -0.15) is 0 Å². The van der Waals surface area contributed by atoms with Crippen molar-refractivity contribution in [3.05, 3.63) is 106 Å². The fourth-order valence-electron chi connectivity index (χ4n) is 3.72. The summed E-state index contributed by atoms with van der Waals surface area (Å²) in [5.74, 6) is -1.03. The van der Waals surface area contributed by atoms with Crippen LogP contribution in [-0.4, -0.2) is 28.7 Å². The van der Waals surface area contributed by atoms with E-state index in [1.165, 1.54) is 11.0 Å². The van der Waals surface area contributed by atoms with Crippen molar-refractivity contribution in [2.75, 3.05) is 0 Å². The lowest BCUT2D eigenvalue weighted by atomic mass is 10.1. The van der Waals surface area contributed by atoms with E-state index in [-0.39, 0.29) is 35.9 Å². The predicted octanol–water partition coefficient (Wildman–Crippen LogP) is 4.34. The van der Waals surface area contributed by atoms with Crippen LogP contribution in [0.25, 0.3) is 0 Å². The quantitative estimate of drug-likeness (QED) is 0.527. The van der Waals surface area contributed by atoms with Crippen LogP contribution in [0.5, 0.6) is 0 Å². The molecule has 0 radical (unpaired) electrons. The van der Waals surface area contributed by atoms with E-state index in [1.54, 1.807) is 12.1 Å². The van der Waals surface area contributed by atoms with Crippen LogP contribution in [0.3, 0.4) is 0 Å². The van der Waals surface area contributed by atoms with Crippen molar-refractivity contribution in [2.45, 2.75) is 39.6 Å². The molecule has 3 aromatic rings. The molecular weight excluding hydrogens is 416 g/mol. The molecular formula is C27H26N2O4. The Morgan fingerprint density at radius 2 is 1.55 bits per heavy atom. The third-order valence-corrected chi connectivity index (χ3v) is 5.44. The lowest BCUT2D eigenvalue weighted by Crippen LogP contribution is -2.29. The summed E-state index contributed by atoms with van der Waals surface area (Å²) >= 11 is 0. The van der Waals surface area contributed by atoms with E-state index in [0.29, 0.717) is 24.3 Å². The Kier molecular flexibility index (Phi) is 6.66.